The van der Waals surface area contributed by atoms with Gasteiger partial charge in [-0.1, -0.05) is 6.92 Å². The molecule has 0 saturated heterocycles. The van der Waals surface area contributed by atoms with Crippen LogP contribution in [0.2, 0.25) is 0 Å². The number of aromatic nitrogens is 1. The molecule has 2 N–H and O–H groups in total. The number of carbonyl (C=O) groups excluding carboxylic acids is 1. The van der Waals surface area contributed by atoms with Crippen molar-refractivity contribution in [3.05, 3.63) is 23.4 Å². The maximum Gasteiger partial charge on any atom is 0.249 e. The minimum absolute atomic E-state index is 0.221. The van der Waals surface area contributed by atoms with Crippen LogP contribution in [0.25, 0.3) is 0 Å². The second kappa shape index (κ2) is 5.34. The largest absolute Gasteiger partial charge is 0.366 e. The van der Waals surface area contributed by atoms with E-state index in [4.69, 9.17) is 5.73 Å². The monoisotopic (exact) mass is 271 g/mol. The lowest BCUT2D eigenvalue weighted by molar-refractivity contribution is 0.0999. The number of sulfonamides is 1. The van der Waals surface area contributed by atoms with Crippen molar-refractivity contribution in [1.82, 2.24) is 4.98 Å². The molecule has 1 heterocycles. The van der Waals surface area contributed by atoms with E-state index < -0.39 is 15.9 Å². The highest BCUT2D eigenvalue weighted by atomic mass is 32.2. The maximum absolute atomic E-state index is 11.7. The lowest BCUT2D eigenvalue weighted by Crippen LogP contribution is -2.31. The number of rotatable bonds is 5. The van der Waals surface area contributed by atoms with Gasteiger partial charge in [-0.15, -0.1) is 0 Å². The molecule has 1 rings (SSSR count). The summed E-state index contributed by atoms with van der Waals surface area (Å²) in [7, 11) is -3.42. The zero-order valence-electron chi connectivity index (χ0n) is 10.7. The van der Waals surface area contributed by atoms with Gasteiger partial charge in [-0.25, -0.2) is 13.4 Å². The highest BCUT2D eigenvalue weighted by Crippen LogP contribution is 2.18. The third-order valence-electron chi connectivity index (χ3n) is 2.44. The van der Waals surface area contributed by atoms with Gasteiger partial charge in [0.15, 0.2) is 0 Å². The molecule has 6 nitrogen and oxygen atoms in total. The van der Waals surface area contributed by atoms with E-state index in [1.54, 1.807) is 6.92 Å². The number of anilines is 1. The quantitative estimate of drug-likeness (QED) is 0.851. The molecular formula is C11H17N3O3S. The van der Waals surface area contributed by atoms with Crippen LogP contribution in [-0.2, 0) is 10.0 Å². The van der Waals surface area contributed by atoms with Crippen molar-refractivity contribution in [2.24, 2.45) is 5.73 Å². The number of pyridine rings is 1. The average molecular weight is 271 g/mol. The number of aryl methyl sites for hydroxylation is 1. The van der Waals surface area contributed by atoms with Crippen LogP contribution in [0.1, 0.15) is 29.3 Å². The second-order valence-electron chi connectivity index (χ2n) is 4.06. The Labute approximate surface area is 107 Å². The van der Waals surface area contributed by atoms with Crippen molar-refractivity contribution in [2.75, 3.05) is 17.1 Å². The summed E-state index contributed by atoms with van der Waals surface area (Å²) in [4.78, 5) is 15.3. The number of hydrogen-bond acceptors (Lipinski definition) is 4. The second-order valence-corrected chi connectivity index (χ2v) is 5.96. The summed E-state index contributed by atoms with van der Waals surface area (Å²) in [5.41, 5.74) is 6.14. The predicted molar refractivity (Wildman–Crippen MR) is 70.0 cm³/mol. The molecule has 0 aliphatic rings. The number of primary amides is 1. The van der Waals surface area contributed by atoms with E-state index in [1.807, 2.05) is 6.92 Å². The molecule has 0 radical (unpaired) electrons. The van der Waals surface area contributed by atoms with Crippen molar-refractivity contribution in [2.45, 2.75) is 20.3 Å². The van der Waals surface area contributed by atoms with Crippen LogP contribution in [0.15, 0.2) is 12.3 Å². The molecule has 1 aromatic heterocycles. The molecule has 0 spiro atoms. The van der Waals surface area contributed by atoms with Crippen molar-refractivity contribution >= 4 is 21.7 Å². The third-order valence-corrected chi connectivity index (χ3v) is 3.61. The molecule has 0 aliphatic carbocycles. The fourth-order valence-electron chi connectivity index (χ4n) is 1.57. The Balaban J connectivity index is 3.30. The van der Waals surface area contributed by atoms with Gasteiger partial charge < -0.3 is 5.73 Å². The van der Waals surface area contributed by atoms with E-state index in [0.29, 0.717) is 18.5 Å². The van der Waals surface area contributed by atoms with Gasteiger partial charge in [0.25, 0.3) is 0 Å². The highest BCUT2D eigenvalue weighted by Gasteiger charge is 2.19. The van der Waals surface area contributed by atoms with E-state index >= 15 is 0 Å². The molecule has 100 valence electrons. The highest BCUT2D eigenvalue weighted by molar-refractivity contribution is 7.92. The first-order chi connectivity index (χ1) is 8.27. The van der Waals surface area contributed by atoms with Crippen molar-refractivity contribution in [3.8, 4) is 0 Å². The smallest absolute Gasteiger partial charge is 0.249 e. The molecular weight excluding hydrogens is 254 g/mol. The number of amides is 1. The molecule has 1 amide bonds. The first kappa shape index (κ1) is 14.4. The Morgan fingerprint density at radius 2 is 2.11 bits per heavy atom. The number of nitrogens with two attached hydrogens (primary N) is 1. The summed E-state index contributed by atoms with van der Waals surface area (Å²) in [6.07, 6.45) is 3.20. The van der Waals surface area contributed by atoms with Crippen LogP contribution in [0.3, 0.4) is 0 Å². The fraction of sp³-hybridized carbons (Fsp3) is 0.455. The molecule has 18 heavy (non-hydrogen) atoms. The Morgan fingerprint density at radius 3 is 2.56 bits per heavy atom. The van der Waals surface area contributed by atoms with E-state index in [9.17, 15) is 13.2 Å². The van der Waals surface area contributed by atoms with Crippen molar-refractivity contribution in [1.29, 1.82) is 0 Å². The summed E-state index contributed by atoms with van der Waals surface area (Å²) in [6, 6.07) is 1.41. The standard InChI is InChI=1S/C11H17N3O3S/c1-4-5-14(18(3,16)17)10-6-9(11(12)15)8(2)7-13-10/h6-7H,4-5H2,1-3H3,(H2,12,15). The first-order valence-corrected chi connectivity index (χ1v) is 7.36. The molecule has 0 aromatic carbocycles. The van der Waals surface area contributed by atoms with Gasteiger partial charge in [0.1, 0.15) is 5.82 Å². The summed E-state index contributed by atoms with van der Waals surface area (Å²) in [5, 5.41) is 0. The Kier molecular flexibility index (Phi) is 4.28. The first-order valence-electron chi connectivity index (χ1n) is 5.51. The molecule has 0 saturated carbocycles. The lowest BCUT2D eigenvalue weighted by atomic mass is 10.1. The van der Waals surface area contributed by atoms with Gasteiger partial charge in [0.05, 0.1) is 6.26 Å². The molecule has 0 atom stereocenters. The van der Waals surface area contributed by atoms with Crippen LogP contribution in [0.5, 0.6) is 0 Å². The van der Waals surface area contributed by atoms with E-state index in [-0.39, 0.29) is 11.4 Å². The van der Waals surface area contributed by atoms with Crippen LogP contribution in [0.4, 0.5) is 5.82 Å². The summed E-state index contributed by atoms with van der Waals surface area (Å²) in [6.45, 7) is 3.87. The van der Waals surface area contributed by atoms with Gasteiger partial charge in [0.2, 0.25) is 15.9 Å². The van der Waals surface area contributed by atoms with E-state index in [1.165, 1.54) is 16.6 Å². The Morgan fingerprint density at radius 1 is 1.50 bits per heavy atom. The molecule has 0 unspecified atom stereocenters. The van der Waals surface area contributed by atoms with Crippen LogP contribution in [0, 0.1) is 6.92 Å². The summed E-state index contributed by atoms with van der Waals surface area (Å²) in [5.74, 6) is -0.375. The van der Waals surface area contributed by atoms with Crippen molar-refractivity contribution < 1.29 is 13.2 Å². The molecule has 1 aromatic rings. The lowest BCUT2D eigenvalue weighted by Gasteiger charge is -2.21. The minimum Gasteiger partial charge on any atom is -0.366 e. The van der Waals surface area contributed by atoms with Crippen molar-refractivity contribution in [3.63, 3.8) is 0 Å². The minimum atomic E-state index is -3.42. The molecule has 0 fully saturated rings. The van der Waals surface area contributed by atoms with Gasteiger partial charge in [-0.3, -0.25) is 9.10 Å². The topological polar surface area (TPSA) is 93.4 Å². The van der Waals surface area contributed by atoms with Gasteiger partial charge in [-0.05, 0) is 25.0 Å². The SMILES string of the molecule is CCCN(c1cc(C(N)=O)c(C)cn1)S(C)(=O)=O. The maximum atomic E-state index is 11.7. The van der Waals surface area contributed by atoms with Gasteiger partial charge in [0, 0.05) is 18.3 Å². The molecule has 7 heteroatoms. The molecule has 0 bridgehead atoms. The zero-order valence-corrected chi connectivity index (χ0v) is 11.5. The average Bonchev–Trinajstić information content (AvgIpc) is 2.25. The zero-order chi connectivity index (χ0) is 13.9. The fourth-order valence-corrected chi connectivity index (χ4v) is 2.52. The summed E-state index contributed by atoms with van der Waals surface area (Å²) < 4.78 is 24.5. The normalized spacial score (nSPS) is 11.3. The van der Waals surface area contributed by atoms with Gasteiger partial charge in [-0.2, -0.15) is 0 Å². The Bertz CT molecular complexity index is 555. The summed E-state index contributed by atoms with van der Waals surface area (Å²) >= 11 is 0. The number of hydrogen-bond donors (Lipinski definition) is 1. The van der Waals surface area contributed by atoms with Crippen LogP contribution >= 0.6 is 0 Å². The number of nitrogens with zero attached hydrogens (tertiary/aromatic N) is 2. The van der Waals surface area contributed by atoms with E-state index in [0.717, 1.165) is 6.26 Å². The van der Waals surface area contributed by atoms with E-state index in [2.05, 4.69) is 4.98 Å². The van der Waals surface area contributed by atoms with Gasteiger partial charge >= 0.3 is 0 Å². The van der Waals surface area contributed by atoms with Crippen LogP contribution in [-0.4, -0.2) is 32.1 Å². The predicted octanol–water partition coefficient (Wildman–Crippen LogP) is 0.665. The third kappa shape index (κ3) is 3.19. The molecule has 0 aliphatic heterocycles. The Hall–Kier alpha value is -1.63. The van der Waals surface area contributed by atoms with Crippen LogP contribution < -0.4 is 10.0 Å². The number of carbonyl (C=O) groups is 1.